The molecule has 2 rings (SSSR count). The van der Waals surface area contributed by atoms with Crippen LogP contribution in [-0.2, 0) is 5.41 Å². The minimum Gasteiger partial charge on any atom is -0.368 e. The van der Waals surface area contributed by atoms with E-state index in [1.165, 1.54) is 24.3 Å². The van der Waals surface area contributed by atoms with Crippen molar-refractivity contribution < 1.29 is 0 Å². The number of anilines is 1. The van der Waals surface area contributed by atoms with Crippen LogP contribution in [0.25, 0.3) is 0 Å². The SMILES string of the molecule is CC(C)(C)c1ccc(N2CC2)cc1. The van der Waals surface area contributed by atoms with E-state index in [9.17, 15) is 0 Å². The van der Waals surface area contributed by atoms with Crippen molar-refractivity contribution in [2.75, 3.05) is 18.0 Å². The van der Waals surface area contributed by atoms with Gasteiger partial charge in [0, 0.05) is 18.8 Å². The van der Waals surface area contributed by atoms with Crippen LogP contribution in [0.1, 0.15) is 26.3 Å². The standard InChI is InChI=1S/C12H17N/c1-12(2,3)10-4-6-11(7-5-10)13-8-9-13/h4-7H,8-9H2,1-3H3. The minimum atomic E-state index is 0.275. The molecule has 1 saturated heterocycles. The Bertz CT molecular complexity index is 288. The van der Waals surface area contributed by atoms with Crippen LogP contribution in [0.2, 0.25) is 0 Å². The minimum absolute atomic E-state index is 0.275. The van der Waals surface area contributed by atoms with Crippen molar-refractivity contribution in [3.05, 3.63) is 29.8 Å². The lowest BCUT2D eigenvalue weighted by molar-refractivity contribution is 0.590. The highest BCUT2D eigenvalue weighted by molar-refractivity contribution is 5.52. The Labute approximate surface area is 80.4 Å². The highest BCUT2D eigenvalue weighted by Crippen LogP contribution is 2.26. The summed E-state index contributed by atoms with van der Waals surface area (Å²) in [5.74, 6) is 0. The smallest absolute Gasteiger partial charge is 0.0367 e. The molecule has 1 heteroatoms. The second-order valence-electron chi connectivity index (χ2n) is 4.78. The van der Waals surface area contributed by atoms with Crippen molar-refractivity contribution >= 4 is 5.69 Å². The highest BCUT2D eigenvalue weighted by Gasteiger charge is 2.18. The van der Waals surface area contributed by atoms with Crippen LogP contribution < -0.4 is 4.90 Å². The molecular formula is C12H17N. The Morgan fingerprint density at radius 1 is 1.00 bits per heavy atom. The summed E-state index contributed by atoms with van der Waals surface area (Å²) in [5.41, 5.74) is 3.06. The van der Waals surface area contributed by atoms with Gasteiger partial charge in [-0.2, -0.15) is 0 Å². The van der Waals surface area contributed by atoms with E-state index < -0.39 is 0 Å². The third-order valence-corrected chi connectivity index (χ3v) is 2.55. The van der Waals surface area contributed by atoms with Crippen molar-refractivity contribution in [1.82, 2.24) is 0 Å². The molecule has 1 fully saturated rings. The lowest BCUT2D eigenvalue weighted by Crippen LogP contribution is -2.10. The molecule has 13 heavy (non-hydrogen) atoms. The van der Waals surface area contributed by atoms with Gasteiger partial charge in [-0.3, -0.25) is 0 Å². The quantitative estimate of drug-likeness (QED) is 0.593. The van der Waals surface area contributed by atoms with Gasteiger partial charge in [-0.1, -0.05) is 32.9 Å². The predicted molar refractivity (Wildman–Crippen MR) is 57.4 cm³/mol. The lowest BCUT2D eigenvalue weighted by Gasteiger charge is -2.19. The summed E-state index contributed by atoms with van der Waals surface area (Å²) in [6.45, 7) is 9.21. The first-order valence-electron chi connectivity index (χ1n) is 4.93. The molecule has 1 aromatic rings. The number of rotatable bonds is 1. The zero-order chi connectivity index (χ0) is 9.47. The van der Waals surface area contributed by atoms with Gasteiger partial charge in [0.2, 0.25) is 0 Å². The fourth-order valence-corrected chi connectivity index (χ4v) is 1.48. The maximum Gasteiger partial charge on any atom is 0.0367 e. The molecule has 0 amide bonds. The molecule has 1 nitrogen and oxygen atoms in total. The Morgan fingerprint density at radius 2 is 1.54 bits per heavy atom. The Morgan fingerprint density at radius 3 is 1.92 bits per heavy atom. The first-order chi connectivity index (χ1) is 6.07. The number of benzene rings is 1. The molecule has 0 N–H and O–H groups in total. The topological polar surface area (TPSA) is 3.01 Å². The molecule has 0 spiro atoms. The van der Waals surface area contributed by atoms with Gasteiger partial charge in [0.05, 0.1) is 0 Å². The summed E-state index contributed by atoms with van der Waals surface area (Å²) in [7, 11) is 0. The molecule has 1 aromatic carbocycles. The summed E-state index contributed by atoms with van der Waals surface area (Å²) in [6.07, 6.45) is 0. The number of hydrogen-bond donors (Lipinski definition) is 0. The molecule has 0 aromatic heterocycles. The van der Waals surface area contributed by atoms with Crippen LogP contribution >= 0.6 is 0 Å². The van der Waals surface area contributed by atoms with Crippen molar-refractivity contribution in [2.45, 2.75) is 26.2 Å². The zero-order valence-corrected chi connectivity index (χ0v) is 8.67. The van der Waals surface area contributed by atoms with Gasteiger partial charge >= 0.3 is 0 Å². The molecule has 1 aliphatic heterocycles. The van der Waals surface area contributed by atoms with E-state index in [1.54, 1.807) is 0 Å². The predicted octanol–water partition coefficient (Wildman–Crippen LogP) is 2.80. The van der Waals surface area contributed by atoms with E-state index >= 15 is 0 Å². The second kappa shape index (κ2) is 2.76. The van der Waals surface area contributed by atoms with Crippen LogP contribution in [-0.4, -0.2) is 13.1 Å². The van der Waals surface area contributed by atoms with Crippen LogP contribution in [0.5, 0.6) is 0 Å². The molecule has 70 valence electrons. The molecule has 0 atom stereocenters. The average molecular weight is 175 g/mol. The molecule has 0 unspecified atom stereocenters. The summed E-state index contributed by atoms with van der Waals surface area (Å²) < 4.78 is 0. The third kappa shape index (κ3) is 1.85. The van der Waals surface area contributed by atoms with E-state index in [0.717, 1.165) is 0 Å². The van der Waals surface area contributed by atoms with Crippen LogP contribution in [0.15, 0.2) is 24.3 Å². The fourth-order valence-electron chi connectivity index (χ4n) is 1.48. The van der Waals surface area contributed by atoms with Gasteiger partial charge in [0.25, 0.3) is 0 Å². The second-order valence-corrected chi connectivity index (χ2v) is 4.78. The number of nitrogens with zero attached hydrogens (tertiary/aromatic N) is 1. The maximum absolute atomic E-state index is 2.37. The Hall–Kier alpha value is -0.980. The highest BCUT2D eigenvalue weighted by atomic mass is 15.3. The monoisotopic (exact) mass is 175 g/mol. The molecule has 0 saturated carbocycles. The Kier molecular flexibility index (Phi) is 1.83. The van der Waals surface area contributed by atoms with Crippen LogP contribution in [0, 0.1) is 0 Å². The lowest BCUT2D eigenvalue weighted by atomic mass is 9.87. The summed E-state index contributed by atoms with van der Waals surface area (Å²) >= 11 is 0. The van der Waals surface area contributed by atoms with Gasteiger partial charge in [0.15, 0.2) is 0 Å². The van der Waals surface area contributed by atoms with Crippen molar-refractivity contribution in [3.63, 3.8) is 0 Å². The summed E-state index contributed by atoms with van der Waals surface area (Å²) in [5, 5.41) is 0. The largest absolute Gasteiger partial charge is 0.368 e. The Balaban J connectivity index is 2.22. The molecular weight excluding hydrogens is 158 g/mol. The van der Waals surface area contributed by atoms with E-state index in [0.29, 0.717) is 0 Å². The van der Waals surface area contributed by atoms with Crippen molar-refractivity contribution in [1.29, 1.82) is 0 Å². The van der Waals surface area contributed by atoms with Crippen molar-refractivity contribution in [2.24, 2.45) is 0 Å². The van der Waals surface area contributed by atoms with Gasteiger partial charge in [-0.05, 0) is 23.1 Å². The molecule has 0 aliphatic carbocycles. The van der Waals surface area contributed by atoms with Crippen LogP contribution in [0.3, 0.4) is 0 Å². The van der Waals surface area contributed by atoms with Crippen molar-refractivity contribution in [3.8, 4) is 0 Å². The molecule has 1 aliphatic rings. The summed E-state index contributed by atoms with van der Waals surface area (Å²) in [6, 6.07) is 8.95. The average Bonchev–Trinajstić information content (AvgIpc) is 2.85. The van der Waals surface area contributed by atoms with E-state index in [-0.39, 0.29) is 5.41 Å². The number of hydrogen-bond acceptors (Lipinski definition) is 1. The summed E-state index contributed by atoms with van der Waals surface area (Å²) in [4.78, 5) is 2.37. The first kappa shape index (κ1) is 8.61. The van der Waals surface area contributed by atoms with Gasteiger partial charge < -0.3 is 4.90 Å². The van der Waals surface area contributed by atoms with Gasteiger partial charge in [0.1, 0.15) is 0 Å². The molecule has 0 bridgehead atoms. The van der Waals surface area contributed by atoms with E-state index in [1.807, 2.05) is 0 Å². The molecule has 1 heterocycles. The van der Waals surface area contributed by atoms with Gasteiger partial charge in [-0.15, -0.1) is 0 Å². The van der Waals surface area contributed by atoms with Gasteiger partial charge in [-0.25, -0.2) is 0 Å². The normalized spacial score (nSPS) is 16.1. The van der Waals surface area contributed by atoms with Crippen LogP contribution in [0.4, 0.5) is 5.69 Å². The van der Waals surface area contributed by atoms with E-state index in [2.05, 4.69) is 49.9 Å². The maximum atomic E-state index is 2.37. The molecule has 0 radical (unpaired) electrons. The fraction of sp³-hybridized carbons (Fsp3) is 0.500. The first-order valence-corrected chi connectivity index (χ1v) is 4.93. The zero-order valence-electron chi connectivity index (χ0n) is 8.67. The van der Waals surface area contributed by atoms with E-state index in [4.69, 9.17) is 0 Å². The third-order valence-electron chi connectivity index (χ3n) is 2.55.